The fourth-order valence-electron chi connectivity index (χ4n) is 2.62. The van der Waals surface area contributed by atoms with Crippen molar-refractivity contribution >= 4 is 15.7 Å². The van der Waals surface area contributed by atoms with Crippen LogP contribution in [0.5, 0.6) is 0 Å². The van der Waals surface area contributed by atoms with Crippen LogP contribution in [0.15, 0.2) is 82.8 Å². The van der Waals surface area contributed by atoms with Gasteiger partial charge in [-0.15, -0.1) is 0 Å². The first-order chi connectivity index (χ1) is 12.8. The van der Waals surface area contributed by atoms with E-state index in [0.29, 0.717) is 12.0 Å². The second kappa shape index (κ2) is 7.72. The van der Waals surface area contributed by atoms with Gasteiger partial charge in [0.1, 0.15) is 5.49 Å². The van der Waals surface area contributed by atoms with Gasteiger partial charge < -0.3 is 4.57 Å². The third-order valence-electron chi connectivity index (χ3n) is 4.12. The summed E-state index contributed by atoms with van der Waals surface area (Å²) in [7, 11) is -3.38. The second-order valence-corrected chi connectivity index (χ2v) is 8.41. The molecule has 0 N–H and O–H groups in total. The van der Waals surface area contributed by atoms with Gasteiger partial charge in [-0.05, 0) is 42.8 Å². The monoisotopic (exact) mass is 380 g/mol. The van der Waals surface area contributed by atoms with E-state index in [0.717, 1.165) is 11.8 Å². The molecule has 0 aliphatic heterocycles. The first-order valence-corrected chi connectivity index (χ1v) is 10.3. The molecule has 0 radical (unpaired) electrons. The summed E-state index contributed by atoms with van der Waals surface area (Å²) >= 11 is 0. The van der Waals surface area contributed by atoms with Crippen molar-refractivity contribution in [2.45, 2.75) is 18.4 Å². The predicted molar refractivity (Wildman–Crippen MR) is 104 cm³/mol. The second-order valence-electron chi connectivity index (χ2n) is 6.39. The van der Waals surface area contributed by atoms with Crippen molar-refractivity contribution in [1.82, 2.24) is 4.57 Å². The van der Waals surface area contributed by atoms with Gasteiger partial charge in [-0.3, -0.25) is 4.79 Å². The Labute approximate surface area is 158 Å². The largest absolute Gasteiger partial charge is 0.328 e. The first kappa shape index (κ1) is 18.8. The van der Waals surface area contributed by atoms with Crippen molar-refractivity contribution in [3.63, 3.8) is 0 Å². The molecule has 138 valence electrons. The third kappa shape index (κ3) is 4.80. The molecule has 1 aromatic heterocycles. The maximum Gasteiger partial charge on any atom is 0.278 e. The number of amides is 1. The average Bonchev–Trinajstić information content (AvgIpc) is 2.64. The summed E-state index contributed by atoms with van der Waals surface area (Å²) in [6.07, 6.45) is 2.97. The van der Waals surface area contributed by atoms with Crippen molar-refractivity contribution in [3.8, 4) is 0 Å². The zero-order valence-corrected chi connectivity index (χ0v) is 16.0. The minimum absolute atomic E-state index is 0.101. The summed E-state index contributed by atoms with van der Waals surface area (Å²) in [5.41, 5.74) is 3.03. The number of carbonyl (C=O) groups is 1. The molecule has 0 spiro atoms. The van der Waals surface area contributed by atoms with Crippen LogP contribution in [0.3, 0.4) is 0 Å². The van der Waals surface area contributed by atoms with Crippen LogP contribution in [-0.4, -0.2) is 25.1 Å². The van der Waals surface area contributed by atoms with Crippen LogP contribution in [0, 0.1) is 6.92 Å². The Kier molecular flexibility index (Phi) is 5.37. The Morgan fingerprint density at radius 3 is 2.44 bits per heavy atom. The van der Waals surface area contributed by atoms with Crippen molar-refractivity contribution in [1.29, 1.82) is 0 Å². The lowest BCUT2D eigenvalue weighted by atomic mass is 10.1. The molecule has 5 nitrogen and oxygen atoms in total. The highest BCUT2D eigenvalue weighted by Crippen LogP contribution is 2.12. The molecule has 0 unspecified atom stereocenters. The molecule has 2 aromatic carbocycles. The van der Waals surface area contributed by atoms with Crippen LogP contribution in [0.2, 0.25) is 0 Å². The van der Waals surface area contributed by atoms with Gasteiger partial charge in [-0.1, -0.05) is 42.0 Å². The number of carbonyl (C=O) groups excluding carboxylic acids is 1. The highest BCUT2D eigenvalue weighted by atomic mass is 32.2. The molecule has 1 amide bonds. The molecule has 0 aliphatic rings. The number of nitrogens with zero attached hydrogens (tertiary/aromatic N) is 2. The lowest BCUT2D eigenvalue weighted by Crippen LogP contribution is -2.22. The maximum atomic E-state index is 12.6. The van der Waals surface area contributed by atoms with Crippen LogP contribution in [0.25, 0.3) is 0 Å². The Bertz CT molecular complexity index is 1140. The molecule has 3 aromatic rings. The normalized spacial score (nSPS) is 12.1. The molecular formula is C21H20N2O3S. The van der Waals surface area contributed by atoms with Gasteiger partial charge >= 0.3 is 0 Å². The average molecular weight is 380 g/mol. The number of sulfone groups is 1. The van der Waals surface area contributed by atoms with Gasteiger partial charge in [0.25, 0.3) is 5.91 Å². The van der Waals surface area contributed by atoms with Crippen molar-refractivity contribution < 1.29 is 13.2 Å². The molecule has 0 saturated carbocycles. The van der Waals surface area contributed by atoms with E-state index in [9.17, 15) is 13.2 Å². The summed E-state index contributed by atoms with van der Waals surface area (Å²) < 4.78 is 25.3. The third-order valence-corrected chi connectivity index (χ3v) is 5.23. The summed E-state index contributed by atoms with van der Waals surface area (Å²) in [4.78, 5) is 16.9. The first-order valence-electron chi connectivity index (χ1n) is 8.43. The summed E-state index contributed by atoms with van der Waals surface area (Å²) in [5, 5.41) is 0. The Balaban J connectivity index is 1.96. The Morgan fingerprint density at radius 2 is 1.74 bits per heavy atom. The predicted octanol–water partition coefficient (Wildman–Crippen LogP) is 2.99. The molecule has 0 fully saturated rings. The molecule has 1 heterocycles. The SMILES string of the molecule is Cc1ccc(Cn2ccccc2=NC(=O)c2cccc(S(C)(=O)=O)c2)cc1. The Morgan fingerprint density at radius 1 is 1.00 bits per heavy atom. The minimum atomic E-state index is -3.38. The number of pyridine rings is 1. The van der Waals surface area contributed by atoms with Crippen LogP contribution < -0.4 is 5.49 Å². The molecule has 6 heteroatoms. The number of benzene rings is 2. The van der Waals surface area contributed by atoms with Gasteiger partial charge in [-0.25, -0.2) is 8.42 Å². The van der Waals surface area contributed by atoms with Crippen molar-refractivity contribution in [2.75, 3.05) is 6.26 Å². The standard InChI is InChI=1S/C21H20N2O3S/c1-16-9-11-17(12-10-16)15-23-13-4-3-8-20(23)22-21(24)18-6-5-7-19(14-18)27(2,25)26/h3-14H,15H2,1-2H3. The summed E-state index contributed by atoms with van der Waals surface area (Å²) in [6, 6.07) is 19.5. The van der Waals surface area contributed by atoms with Gasteiger partial charge in [0.15, 0.2) is 9.84 Å². The van der Waals surface area contributed by atoms with E-state index in [1.807, 2.05) is 54.1 Å². The highest BCUT2D eigenvalue weighted by Gasteiger charge is 2.11. The summed E-state index contributed by atoms with van der Waals surface area (Å²) in [6.45, 7) is 2.61. The van der Waals surface area contributed by atoms with E-state index in [1.54, 1.807) is 18.2 Å². The smallest absolute Gasteiger partial charge is 0.278 e. The lowest BCUT2D eigenvalue weighted by Gasteiger charge is -2.08. The maximum absolute atomic E-state index is 12.6. The van der Waals surface area contributed by atoms with E-state index in [2.05, 4.69) is 4.99 Å². The van der Waals surface area contributed by atoms with Crippen LogP contribution in [-0.2, 0) is 16.4 Å². The topological polar surface area (TPSA) is 68.5 Å². The number of hydrogen-bond acceptors (Lipinski definition) is 3. The fraction of sp³-hybridized carbons (Fsp3) is 0.143. The highest BCUT2D eigenvalue weighted by molar-refractivity contribution is 7.90. The zero-order chi connectivity index (χ0) is 19.4. The summed E-state index contributed by atoms with van der Waals surface area (Å²) in [5.74, 6) is -0.482. The number of aromatic nitrogens is 1. The van der Waals surface area contributed by atoms with Gasteiger partial charge in [-0.2, -0.15) is 4.99 Å². The van der Waals surface area contributed by atoms with E-state index < -0.39 is 15.7 Å². The number of hydrogen-bond donors (Lipinski definition) is 0. The zero-order valence-electron chi connectivity index (χ0n) is 15.2. The quantitative estimate of drug-likeness (QED) is 0.699. The van der Waals surface area contributed by atoms with E-state index in [4.69, 9.17) is 0 Å². The van der Waals surface area contributed by atoms with Crippen LogP contribution in [0.1, 0.15) is 21.5 Å². The molecule has 0 atom stereocenters. The molecule has 27 heavy (non-hydrogen) atoms. The minimum Gasteiger partial charge on any atom is -0.328 e. The van der Waals surface area contributed by atoms with Crippen LogP contribution >= 0.6 is 0 Å². The fourth-order valence-corrected chi connectivity index (χ4v) is 3.29. The van der Waals surface area contributed by atoms with Crippen molar-refractivity contribution in [3.05, 3.63) is 95.1 Å². The van der Waals surface area contributed by atoms with E-state index in [-0.39, 0.29) is 10.5 Å². The Hall–Kier alpha value is -2.99. The number of aryl methyl sites for hydroxylation is 1. The van der Waals surface area contributed by atoms with Crippen molar-refractivity contribution in [2.24, 2.45) is 4.99 Å². The van der Waals surface area contributed by atoms with Gasteiger partial charge in [0, 0.05) is 24.6 Å². The lowest BCUT2D eigenvalue weighted by molar-refractivity contribution is 0.0997. The molecular weight excluding hydrogens is 360 g/mol. The number of rotatable bonds is 4. The molecule has 0 bridgehead atoms. The van der Waals surface area contributed by atoms with Gasteiger partial charge in [0.2, 0.25) is 0 Å². The molecule has 0 aliphatic carbocycles. The van der Waals surface area contributed by atoms with Crippen LogP contribution in [0.4, 0.5) is 0 Å². The van der Waals surface area contributed by atoms with E-state index in [1.165, 1.54) is 17.7 Å². The van der Waals surface area contributed by atoms with E-state index >= 15 is 0 Å². The molecule has 3 rings (SSSR count). The van der Waals surface area contributed by atoms with Gasteiger partial charge in [0.05, 0.1) is 4.90 Å². The molecule has 0 saturated heterocycles.